The normalized spacial score (nSPS) is 28.2. The summed E-state index contributed by atoms with van der Waals surface area (Å²) in [5.74, 6) is 0.804. The van der Waals surface area contributed by atoms with E-state index in [1.54, 1.807) is 7.05 Å². The van der Waals surface area contributed by atoms with Crippen LogP contribution in [0.2, 0.25) is 0 Å². The van der Waals surface area contributed by atoms with Gasteiger partial charge in [0.2, 0.25) is 0 Å². The van der Waals surface area contributed by atoms with Gasteiger partial charge in [-0.1, -0.05) is 0 Å². The first-order valence-corrected chi connectivity index (χ1v) is 5.36. The number of aryl methyl sites for hydroxylation is 1. The second-order valence-electron chi connectivity index (χ2n) is 4.22. The Balaban J connectivity index is 2.03. The molecule has 1 N–H and O–H groups in total. The molecule has 1 aliphatic heterocycles. The van der Waals surface area contributed by atoms with Gasteiger partial charge in [0.15, 0.2) is 5.82 Å². The van der Waals surface area contributed by atoms with E-state index < -0.39 is 0 Å². The topological polar surface area (TPSA) is 58.9 Å². The van der Waals surface area contributed by atoms with Gasteiger partial charge in [-0.3, -0.25) is 4.90 Å². The van der Waals surface area contributed by atoms with E-state index in [-0.39, 0.29) is 0 Å². The molecule has 1 aliphatic rings. The average Bonchev–Trinajstić information content (AvgIpc) is 2.58. The quantitative estimate of drug-likeness (QED) is 0.706. The molecule has 1 fully saturated rings. The Morgan fingerprint density at radius 1 is 1.33 bits per heavy atom. The van der Waals surface area contributed by atoms with Crippen molar-refractivity contribution in [2.24, 2.45) is 7.05 Å². The number of hydrogen-bond donors (Lipinski definition) is 1. The molecule has 1 aromatic rings. The molecule has 84 valence electrons. The summed E-state index contributed by atoms with van der Waals surface area (Å²) in [6.07, 6.45) is 0. The maximum Gasteiger partial charge on any atom is 0.188 e. The summed E-state index contributed by atoms with van der Waals surface area (Å²) in [5, 5.41) is 15.5. The van der Waals surface area contributed by atoms with Crippen LogP contribution in [-0.4, -0.2) is 50.3 Å². The van der Waals surface area contributed by atoms with Gasteiger partial charge in [0.05, 0.1) is 13.6 Å². The lowest BCUT2D eigenvalue weighted by atomic mass is 10.1. The van der Waals surface area contributed by atoms with E-state index in [9.17, 15) is 0 Å². The zero-order chi connectivity index (χ0) is 10.8. The smallest absolute Gasteiger partial charge is 0.188 e. The van der Waals surface area contributed by atoms with Crippen LogP contribution in [0.1, 0.15) is 19.7 Å². The molecular formula is C9H18N6. The van der Waals surface area contributed by atoms with E-state index in [1.807, 2.05) is 0 Å². The monoisotopic (exact) mass is 210 g/mol. The number of tetrazole rings is 1. The van der Waals surface area contributed by atoms with Gasteiger partial charge in [0.25, 0.3) is 0 Å². The fourth-order valence-electron chi connectivity index (χ4n) is 2.03. The van der Waals surface area contributed by atoms with Gasteiger partial charge in [-0.15, -0.1) is 10.2 Å². The highest BCUT2D eigenvalue weighted by Crippen LogP contribution is 2.11. The van der Waals surface area contributed by atoms with E-state index in [2.05, 4.69) is 39.5 Å². The first-order valence-electron chi connectivity index (χ1n) is 5.36. The molecule has 6 heteroatoms. The Morgan fingerprint density at radius 2 is 2.00 bits per heavy atom. The largest absolute Gasteiger partial charge is 0.314 e. The molecule has 1 saturated heterocycles. The number of hydrogen-bond acceptors (Lipinski definition) is 5. The number of piperazine rings is 1. The summed E-state index contributed by atoms with van der Waals surface area (Å²) in [6.45, 7) is 7.30. The van der Waals surface area contributed by atoms with Gasteiger partial charge in [0.1, 0.15) is 0 Å². The lowest BCUT2D eigenvalue weighted by Gasteiger charge is -2.38. The SMILES string of the molecule is CC1CNCC(C)N1Cc1nnn(C)n1. The van der Waals surface area contributed by atoms with Crippen LogP contribution in [0.3, 0.4) is 0 Å². The molecule has 2 rings (SSSR count). The van der Waals surface area contributed by atoms with Gasteiger partial charge in [-0.05, 0) is 19.1 Å². The molecule has 6 nitrogen and oxygen atoms in total. The van der Waals surface area contributed by atoms with Crippen molar-refractivity contribution in [1.82, 2.24) is 30.4 Å². The summed E-state index contributed by atoms with van der Waals surface area (Å²) in [7, 11) is 1.79. The first kappa shape index (κ1) is 10.5. The molecule has 2 atom stereocenters. The van der Waals surface area contributed by atoms with E-state index in [0.29, 0.717) is 12.1 Å². The van der Waals surface area contributed by atoms with E-state index >= 15 is 0 Å². The van der Waals surface area contributed by atoms with Crippen LogP contribution < -0.4 is 5.32 Å². The average molecular weight is 210 g/mol. The van der Waals surface area contributed by atoms with Crippen LogP contribution in [0.4, 0.5) is 0 Å². The fourth-order valence-corrected chi connectivity index (χ4v) is 2.03. The van der Waals surface area contributed by atoms with E-state index in [4.69, 9.17) is 0 Å². The molecule has 0 aromatic carbocycles. The molecule has 2 heterocycles. The molecule has 0 saturated carbocycles. The molecule has 15 heavy (non-hydrogen) atoms. The van der Waals surface area contributed by atoms with Gasteiger partial charge in [0, 0.05) is 25.2 Å². The van der Waals surface area contributed by atoms with Crippen LogP contribution in [0.15, 0.2) is 0 Å². The fraction of sp³-hybridized carbons (Fsp3) is 0.889. The second-order valence-corrected chi connectivity index (χ2v) is 4.22. The van der Waals surface area contributed by atoms with Gasteiger partial charge in [-0.25, -0.2) is 0 Å². The second kappa shape index (κ2) is 4.24. The molecule has 2 unspecified atom stereocenters. The molecule has 0 spiro atoms. The summed E-state index contributed by atoms with van der Waals surface area (Å²) in [5.41, 5.74) is 0. The zero-order valence-corrected chi connectivity index (χ0v) is 9.51. The highest BCUT2D eigenvalue weighted by molar-refractivity contribution is 4.87. The van der Waals surface area contributed by atoms with E-state index in [1.165, 1.54) is 4.80 Å². The Labute approximate surface area is 89.6 Å². The van der Waals surface area contributed by atoms with Crippen molar-refractivity contribution in [3.8, 4) is 0 Å². The minimum absolute atomic E-state index is 0.526. The lowest BCUT2D eigenvalue weighted by Crippen LogP contribution is -2.54. The van der Waals surface area contributed by atoms with Crippen LogP contribution in [0.5, 0.6) is 0 Å². The predicted molar refractivity (Wildman–Crippen MR) is 56.1 cm³/mol. The van der Waals surface area contributed by atoms with Crippen molar-refractivity contribution in [3.05, 3.63) is 5.82 Å². The third-order valence-corrected chi connectivity index (χ3v) is 2.89. The van der Waals surface area contributed by atoms with Crippen LogP contribution in [0, 0.1) is 0 Å². The van der Waals surface area contributed by atoms with Crippen molar-refractivity contribution >= 4 is 0 Å². The van der Waals surface area contributed by atoms with Gasteiger partial charge >= 0.3 is 0 Å². The zero-order valence-electron chi connectivity index (χ0n) is 9.51. The molecule has 0 radical (unpaired) electrons. The minimum Gasteiger partial charge on any atom is -0.314 e. The van der Waals surface area contributed by atoms with Crippen molar-refractivity contribution in [2.45, 2.75) is 32.5 Å². The molecule has 0 amide bonds. The maximum atomic E-state index is 4.21. The summed E-state index contributed by atoms with van der Waals surface area (Å²) in [6, 6.07) is 1.05. The predicted octanol–water partition coefficient (Wildman–Crippen LogP) is -0.608. The summed E-state index contributed by atoms with van der Waals surface area (Å²) in [4.78, 5) is 3.92. The Morgan fingerprint density at radius 3 is 2.53 bits per heavy atom. The van der Waals surface area contributed by atoms with Crippen molar-refractivity contribution in [1.29, 1.82) is 0 Å². The number of rotatable bonds is 2. The van der Waals surface area contributed by atoms with Gasteiger partial charge < -0.3 is 5.32 Å². The Bertz CT molecular complexity index is 312. The highest BCUT2D eigenvalue weighted by Gasteiger charge is 2.25. The molecule has 0 aliphatic carbocycles. The Kier molecular flexibility index (Phi) is 2.97. The lowest BCUT2D eigenvalue weighted by molar-refractivity contribution is 0.105. The highest BCUT2D eigenvalue weighted by atomic mass is 15.6. The Hall–Kier alpha value is -1.01. The van der Waals surface area contributed by atoms with Crippen molar-refractivity contribution < 1.29 is 0 Å². The van der Waals surface area contributed by atoms with Crippen molar-refractivity contribution in [2.75, 3.05) is 13.1 Å². The number of aromatic nitrogens is 4. The van der Waals surface area contributed by atoms with Crippen LogP contribution in [0.25, 0.3) is 0 Å². The summed E-state index contributed by atoms with van der Waals surface area (Å²) >= 11 is 0. The number of nitrogens with zero attached hydrogens (tertiary/aromatic N) is 5. The maximum absolute atomic E-state index is 4.21. The van der Waals surface area contributed by atoms with Crippen LogP contribution >= 0.6 is 0 Å². The first-order chi connectivity index (χ1) is 7.16. The third-order valence-electron chi connectivity index (χ3n) is 2.89. The van der Waals surface area contributed by atoms with Crippen LogP contribution in [-0.2, 0) is 13.6 Å². The number of nitrogens with one attached hydrogen (secondary N) is 1. The standard InChI is InChI=1S/C9H18N6/c1-7-4-10-5-8(2)15(7)6-9-11-13-14(3)12-9/h7-8,10H,4-6H2,1-3H3. The van der Waals surface area contributed by atoms with Crippen molar-refractivity contribution in [3.63, 3.8) is 0 Å². The molecular weight excluding hydrogens is 192 g/mol. The molecule has 1 aromatic heterocycles. The molecule has 0 bridgehead atoms. The third kappa shape index (κ3) is 2.32. The van der Waals surface area contributed by atoms with Gasteiger partial charge in [-0.2, -0.15) is 4.80 Å². The minimum atomic E-state index is 0.526. The van der Waals surface area contributed by atoms with E-state index in [0.717, 1.165) is 25.5 Å². The summed E-state index contributed by atoms with van der Waals surface area (Å²) < 4.78 is 0.